The van der Waals surface area contributed by atoms with Crippen LogP contribution >= 0.6 is 0 Å². The van der Waals surface area contributed by atoms with Crippen molar-refractivity contribution < 1.29 is 9.72 Å². The summed E-state index contributed by atoms with van der Waals surface area (Å²) in [6.45, 7) is 4.69. The first-order chi connectivity index (χ1) is 9.47. The van der Waals surface area contributed by atoms with Crippen molar-refractivity contribution >= 4 is 17.3 Å². The Balaban J connectivity index is 2.13. The van der Waals surface area contributed by atoms with Crippen LogP contribution < -0.4 is 10.6 Å². The number of nitro benzene ring substituents is 1. The third kappa shape index (κ3) is 3.33. The summed E-state index contributed by atoms with van der Waals surface area (Å²) in [6, 6.07) is 4.52. The molecule has 1 heterocycles. The van der Waals surface area contributed by atoms with Crippen LogP contribution in [0, 0.1) is 23.0 Å². The van der Waals surface area contributed by atoms with E-state index in [0.717, 1.165) is 24.9 Å². The van der Waals surface area contributed by atoms with Gasteiger partial charge in [-0.05, 0) is 43.9 Å². The summed E-state index contributed by atoms with van der Waals surface area (Å²) in [6.07, 6.45) is 1.81. The van der Waals surface area contributed by atoms with Crippen LogP contribution in [0.1, 0.15) is 25.3 Å². The minimum Gasteiger partial charge on any atom is -0.319 e. The first-order valence-electron chi connectivity index (χ1n) is 6.76. The first kappa shape index (κ1) is 14.5. The Hall–Kier alpha value is -1.95. The lowest BCUT2D eigenvalue weighted by Crippen LogP contribution is -2.45. The number of rotatable bonds is 3. The Morgan fingerprint density at radius 1 is 1.50 bits per heavy atom. The van der Waals surface area contributed by atoms with Crippen molar-refractivity contribution in [1.29, 1.82) is 0 Å². The van der Waals surface area contributed by atoms with Gasteiger partial charge >= 0.3 is 0 Å². The molecule has 0 saturated carbocycles. The van der Waals surface area contributed by atoms with Gasteiger partial charge in [0.1, 0.15) is 5.69 Å². The maximum absolute atomic E-state index is 12.2. The number of benzene rings is 1. The predicted molar refractivity (Wildman–Crippen MR) is 76.7 cm³/mol. The first-order valence-corrected chi connectivity index (χ1v) is 6.76. The second-order valence-electron chi connectivity index (χ2n) is 5.40. The molecule has 1 fully saturated rings. The lowest BCUT2D eigenvalue weighted by molar-refractivity contribution is -0.384. The highest BCUT2D eigenvalue weighted by Crippen LogP contribution is 2.26. The monoisotopic (exact) mass is 277 g/mol. The third-order valence-electron chi connectivity index (χ3n) is 3.59. The summed E-state index contributed by atoms with van der Waals surface area (Å²) in [5, 5.41) is 16.8. The smallest absolute Gasteiger partial charge is 0.293 e. The van der Waals surface area contributed by atoms with E-state index in [2.05, 4.69) is 17.6 Å². The molecule has 1 aliphatic heterocycles. The van der Waals surface area contributed by atoms with Crippen LogP contribution in [0.25, 0.3) is 0 Å². The maximum Gasteiger partial charge on any atom is 0.293 e. The summed E-state index contributed by atoms with van der Waals surface area (Å²) in [4.78, 5) is 22.7. The van der Waals surface area contributed by atoms with Crippen molar-refractivity contribution in [3.63, 3.8) is 0 Å². The minimum absolute atomic E-state index is 0.0674. The van der Waals surface area contributed by atoms with Crippen molar-refractivity contribution in [2.24, 2.45) is 5.92 Å². The van der Waals surface area contributed by atoms with Gasteiger partial charge in [0.05, 0.1) is 11.0 Å². The zero-order chi connectivity index (χ0) is 14.7. The largest absolute Gasteiger partial charge is 0.319 e. The van der Waals surface area contributed by atoms with Crippen molar-refractivity contribution in [1.82, 2.24) is 5.32 Å². The molecule has 1 aliphatic rings. The van der Waals surface area contributed by atoms with Gasteiger partial charge in [0.25, 0.3) is 5.69 Å². The number of hydrogen-bond acceptors (Lipinski definition) is 4. The van der Waals surface area contributed by atoms with Crippen molar-refractivity contribution in [2.75, 3.05) is 11.9 Å². The van der Waals surface area contributed by atoms with E-state index in [-0.39, 0.29) is 23.3 Å². The molecular weight excluding hydrogens is 258 g/mol. The fraction of sp³-hybridized carbons (Fsp3) is 0.500. The zero-order valence-corrected chi connectivity index (χ0v) is 11.7. The van der Waals surface area contributed by atoms with E-state index in [1.807, 2.05) is 0 Å². The lowest BCUT2D eigenvalue weighted by atomic mass is 9.94. The van der Waals surface area contributed by atoms with Crippen LogP contribution in [0.5, 0.6) is 0 Å². The number of nitrogens with zero attached hydrogens (tertiary/aromatic N) is 1. The summed E-state index contributed by atoms with van der Waals surface area (Å²) < 4.78 is 0. The average Bonchev–Trinajstić information content (AvgIpc) is 2.40. The Kier molecular flexibility index (Phi) is 4.34. The topological polar surface area (TPSA) is 84.3 Å². The number of hydrogen-bond donors (Lipinski definition) is 2. The molecule has 0 spiro atoms. The van der Waals surface area contributed by atoms with Gasteiger partial charge in [-0.1, -0.05) is 13.0 Å². The zero-order valence-electron chi connectivity index (χ0n) is 11.7. The molecule has 0 radical (unpaired) electrons. The lowest BCUT2D eigenvalue weighted by Gasteiger charge is -2.27. The van der Waals surface area contributed by atoms with E-state index < -0.39 is 4.92 Å². The molecule has 1 amide bonds. The van der Waals surface area contributed by atoms with Crippen LogP contribution in [0.4, 0.5) is 11.4 Å². The van der Waals surface area contributed by atoms with Crippen LogP contribution in [-0.2, 0) is 4.79 Å². The Labute approximate surface area is 117 Å². The van der Waals surface area contributed by atoms with Gasteiger partial charge in [-0.15, -0.1) is 0 Å². The fourth-order valence-electron chi connectivity index (χ4n) is 2.43. The predicted octanol–water partition coefficient (Wildman–Crippen LogP) is 2.23. The van der Waals surface area contributed by atoms with Crippen molar-refractivity contribution in [2.45, 2.75) is 32.7 Å². The molecule has 1 saturated heterocycles. The molecule has 2 rings (SSSR count). The number of nitrogens with one attached hydrogen (secondary N) is 2. The number of nitro groups is 1. The number of carbonyl (C=O) groups is 1. The van der Waals surface area contributed by atoms with Crippen LogP contribution in [0.15, 0.2) is 18.2 Å². The highest BCUT2D eigenvalue weighted by atomic mass is 16.6. The molecule has 1 aromatic rings. The summed E-state index contributed by atoms with van der Waals surface area (Å²) in [5.74, 6) is 0.281. The molecule has 6 nitrogen and oxygen atoms in total. The third-order valence-corrected chi connectivity index (χ3v) is 3.59. The molecular formula is C14H19N3O3. The summed E-state index contributed by atoms with van der Waals surface area (Å²) >= 11 is 0. The number of aryl methyl sites for hydroxylation is 1. The minimum atomic E-state index is -0.473. The molecule has 2 N–H and O–H groups in total. The number of piperidine rings is 1. The highest BCUT2D eigenvalue weighted by molar-refractivity contribution is 5.96. The van der Waals surface area contributed by atoms with Crippen molar-refractivity contribution in [3.05, 3.63) is 33.9 Å². The van der Waals surface area contributed by atoms with E-state index in [1.165, 1.54) is 6.07 Å². The Bertz CT molecular complexity index is 530. The van der Waals surface area contributed by atoms with Gasteiger partial charge in [-0.25, -0.2) is 0 Å². The van der Waals surface area contributed by atoms with Crippen LogP contribution in [0.3, 0.4) is 0 Å². The molecule has 2 unspecified atom stereocenters. The number of carbonyl (C=O) groups excluding carboxylic acids is 1. The summed E-state index contributed by atoms with van der Waals surface area (Å²) in [5.41, 5.74) is 0.979. The van der Waals surface area contributed by atoms with Crippen LogP contribution in [-0.4, -0.2) is 23.4 Å². The SMILES string of the molecule is Cc1ccc(NC(=O)C2CC(C)CCN2)c([N+](=O)[O-])c1. The Morgan fingerprint density at radius 2 is 2.25 bits per heavy atom. The van der Waals surface area contributed by atoms with Gasteiger partial charge in [0, 0.05) is 6.07 Å². The van der Waals surface area contributed by atoms with E-state index in [9.17, 15) is 14.9 Å². The molecule has 0 bridgehead atoms. The quantitative estimate of drug-likeness (QED) is 0.655. The van der Waals surface area contributed by atoms with Crippen LogP contribution in [0.2, 0.25) is 0 Å². The van der Waals surface area contributed by atoms with Gasteiger partial charge in [0.15, 0.2) is 0 Å². The fourth-order valence-corrected chi connectivity index (χ4v) is 2.43. The summed E-state index contributed by atoms with van der Waals surface area (Å²) in [7, 11) is 0. The number of amides is 1. The van der Waals surface area contributed by atoms with Gasteiger partial charge in [-0.3, -0.25) is 14.9 Å². The molecule has 2 atom stereocenters. The second kappa shape index (κ2) is 6.00. The van der Waals surface area contributed by atoms with E-state index in [1.54, 1.807) is 19.1 Å². The number of anilines is 1. The van der Waals surface area contributed by atoms with Crippen molar-refractivity contribution in [3.8, 4) is 0 Å². The highest BCUT2D eigenvalue weighted by Gasteiger charge is 2.26. The normalized spacial score (nSPS) is 22.3. The maximum atomic E-state index is 12.2. The van der Waals surface area contributed by atoms with E-state index in [4.69, 9.17) is 0 Å². The van der Waals surface area contributed by atoms with Gasteiger partial charge in [-0.2, -0.15) is 0 Å². The molecule has 6 heteroatoms. The molecule has 20 heavy (non-hydrogen) atoms. The standard InChI is InChI=1S/C14H19N3O3/c1-9-3-4-11(13(8-9)17(19)20)16-14(18)12-7-10(2)5-6-15-12/h3-4,8,10,12,15H,5-7H2,1-2H3,(H,16,18). The van der Waals surface area contributed by atoms with Gasteiger partial charge < -0.3 is 10.6 Å². The second-order valence-corrected chi connectivity index (χ2v) is 5.40. The molecule has 0 aromatic heterocycles. The Morgan fingerprint density at radius 3 is 2.90 bits per heavy atom. The van der Waals surface area contributed by atoms with Gasteiger partial charge in [0.2, 0.25) is 5.91 Å². The molecule has 108 valence electrons. The molecule has 0 aliphatic carbocycles. The average molecular weight is 277 g/mol. The molecule has 1 aromatic carbocycles. The van der Waals surface area contributed by atoms with E-state index >= 15 is 0 Å². The van der Waals surface area contributed by atoms with E-state index in [0.29, 0.717) is 5.92 Å².